The van der Waals surface area contributed by atoms with Crippen LogP contribution in [0.1, 0.15) is 18.4 Å². The van der Waals surface area contributed by atoms with Crippen LogP contribution in [0.2, 0.25) is 0 Å². The lowest BCUT2D eigenvalue weighted by molar-refractivity contribution is -0.119. The van der Waals surface area contributed by atoms with E-state index in [0.29, 0.717) is 19.6 Å². The summed E-state index contributed by atoms with van der Waals surface area (Å²) in [6.07, 6.45) is 1.32. The molecule has 0 aliphatic carbocycles. The fourth-order valence-electron chi connectivity index (χ4n) is 1.31. The van der Waals surface area contributed by atoms with Crippen LogP contribution in [0.15, 0.2) is 30.3 Å². The van der Waals surface area contributed by atoms with E-state index in [2.05, 4.69) is 0 Å². The maximum Gasteiger partial charge on any atom is 0.234 e. The van der Waals surface area contributed by atoms with Crippen molar-refractivity contribution in [1.82, 2.24) is 0 Å². The van der Waals surface area contributed by atoms with Crippen LogP contribution >= 0.6 is 0 Å². The Hall–Kier alpha value is -1.39. The highest BCUT2D eigenvalue weighted by Crippen LogP contribution is 2.02. The van der Waals surface area contributed by atoms with Crippen molar-refractivity contribution in [1.29, 1.82) is 0 Å². The van der Waals surface area contributed by atoms with Crippen molar-refractivity contribution in [3.8, 4) is 0 Å². The molecule has 4 heteroatoms. The molecule has 1 unspecified atom stereocenters. The molecular weight excluding hydrogens is 204 g/mol. The number of rotatable bonds is 7. The van der Waals surface area contributed by atoms with Gasteiger partial charge in [-0.15, -0.1) is 0 Å². The van der Waals surface area contributed by atoms with Gasteiger partial charge in [0.05, 0.1) is 12.6 Å². The van der Waals surface area contributed by atoms with Crippen LogP contribution in [-0.4, -0.2) is 18.6 Å². The molecule has 16 heavy (non-hydrogen) atoms. The topological polar surface area (TPSA) is 78.3 Å². The molecule has 0 aromatic heterocycles. The number of ether oxygens (including phenoxy) is 1. The third-order valence-electron chi connectivity index (χ3n) is 2.28. The minimum atomic E-state index is -0.555. The van der Waals surface area contributed by atoms with Crippen molar-refractivity contribution in [3.05, 3.63) is 35.9 Å². The van der Waals surface area contributed by atoms with Gasteiger partial charge < -0.3 is 16.2 Å². The molecule has 1 aromatic carbocycles. The van der Waals surface area contributed by atoms with Crippen molar-refractivity contribution in [2.75, 3.05) is 6.61 Å². The summed E-state index contributed by atoms with van der Waals surface area (Å²) < 4.78 is 5.44. The van der Waals surface area contributed by atoms with E-state index in [1.54, 1.807) is 0 Å². The highest BCUT2D eigenvalue weighted by atomic mass is 16.5. The predicted octanol–water partition coefficient (Wildman–Crippen LogP) is 0.796. The molecule has 0 aliphatic heterocycles. The summed E-state index contributed by atoms with van der Waals surface area (Å²) in [5.41, 5.74) is 11.7. The lowest BCUT2D eigenvalue weighted by atomic mass is 10.2. The van der Waals surface area contributed by atoms with E-state index in [4.69, 9.17) is 16.2 Å². The third-order valence-corrected chi connectivity index (χ3v) is 2.28. The molecule has 0 heterocycles. The largest absolute Gasteiger partial charge is 0.377 e. The second-order valence-corrected chi connectivity index (χ2v) is 3.69. The zero-order valence-electron chi connectivity index (χ0n) is 9.26. The molecule has 1 aromatic rings. The van der Waals surface area contributed by atoms with E-state index in [9.17, 15) is 4.79 Å². The summed E-state index contributed by atoms with van der Waals surface area (Å²) in [6.45, 7) is 1.18. The molecule has 4 nitrogen and oxygen atoms in total. The minimum Gasteiger partial charge on any atom is -0.377 e. The molecule has 0 spiro atoms. The summed E-state index contributed by atoms with van der Waals surface area (Å²) >= 11 is 0. The normalized spacial score (nSPS) is 12.3. The number of amides is 1. The lowest BCUT2D eigenvalue weighted by Gasteiger charge is -2.07. The lowest BCUT2D eigenvalue weighted by Crippen LogP contribution is -2.36. The van der Waals surface area contributed by atoms with Gasteiger partial charge in [-0.05, 0) is 18.4 Å². The second-order valence-electron chi connectivity index (χ2n) is 3.69. The Morgan fingerprint density at radius 3 is 2.62 bits per heavy atom. The highest BCUT2D eigenvalue weighted by molar-refractivity contribution is 5.79. The first-order valence-corrected chi connectivity index (χ1v) is 5.36. The Labute approximate surface area is 95.6 Å². The Balaban J connectivity index is 2.07. The van der Waals surface area contributed by atoms with E-state index >= 15 is 0 Å². The van der Waals surface area contributed by atoms with Crippen LogP contribution in [-0.2, 0) is 16.1 Å². The molecule has 0 saturated carbocycles. The SMILES string of the molecule is NC(=O)C(N)CCCOCc1ccccc1. The van der Waals surface area contributed by atoms with Crippen LogP contribution in [0.4, 0.5) is 0 Å². The fourth-order valence-corrected chi connectivity index (χ4v) is 1.31. The third kappa shape index (κ3) is 4.91. The van der Waals surface area contributed by atoms with Gasteiger partial charge in [0.1, 0.15) is 0 Å². The molecular formula is C12H18N2O2. The fraction of sp³-hybridized carbons (Fsp3) is 0.417. The van der Waals surface area contributed by atoms with Crippen LogP contribution in [0.3, 0.4) is 0 Å². The van der Waals surface area contributed by atoms with Gasteiger partial charge in [0.2, 0.25) is 5.91 Å². The highest BCUT2D eigenvalue weighted by Gasteiger charge is 2.07. The Morgan fingerprint density at radius 2 is 2.00 bits per heavy atom. The van der Waals surface area contributed by atoms with E-state index in [-0.39, 0.29) is 0 Å². The summed E-state index contributed by atoms with van der Waals surface area (Å²) in [6, 6.07) is 9.38. The standard InChI is InChI=1S/C12H18N2O2/c13-11(12(14)15)7-4-8-16-9-10-5-2-1-3-6-10/h1-3,5-6,11H,4,7-9,13H2,(H2,14,15). The van der Waals surface area contributed by atoms with Gasteiger partial charge >= 0.3 is 0 Å². The zero-order chi connectivity index (χ0) is 11.8. The molecule has 88 valence electrons. The molecule has 1 amide bonds. The molecule has 4 N–H and O–H groups in total. The van der Waals surface area contributed by atoms with Crippen molar-refractivity contribution < 1.29 is 9.53 Å². The monoisotopic (exact) mass is 222 g/mol. The number of nitrogens with two attached hydrogens (primary N) is 2. The van der Waals surface area contributed by atoms with Crippen LogP contribution in [0, 0.1) is 0 Å². The first-order valence-electron chi connectivity index (χ1n) is 5.36. The van der Waals surface area contributed by atoms with Crippen LogP contribution < -0.4 is 11.5 Å². The minimum absolute atomic E-state index is 0.456. The molecule has 0 fully saturated rings. The summed E-state index contributed by atoms with van der Waals surface area (Å²) in [7, 11) is 0. The van der Waals surface area contributed by atoms with Gasteiger partial charge in [-0.25, -0.2) is 0 Å². The van der Waals surface area contributed by atoms with Crippen molar-refractivity contribution in [2.24, 2.45) is 11.5 Å². The molecule has 0 radical (unpaired) electrons. The quantitative estimate of drug-likeness (QED) is 0.670. The van der Waals surface area contributed by atoms with Gasteiger partial charge in [0.15, 0.2) is 0 Å². The van der Waals surface area contributed by atoms with Gasteiger partial charge in [-0.3, -0.25) is 4.79 Å². The Bertz CT molecular complexity index is 314. The van der Waals surface area contributed by atoms with Gasteiger partial charge in [-0.2, -0.15) is 0 Å². The van der Waals surface area contributed by atoms with Crippen LogP contribution in [0.25, 0.3) is 0 Å². The number of carbonyl (C=O) groups is 1. The number of primary amides is 1. The molecule has 0 saturated heterocycles. The molecule has 0 aliphatic rings. The number of carbonyl (C=O) groups excluding carboxylic acids is 1. The summed E-state index contributed by atoms with van der Waals surface area (Å²) in [4.78, 5) is 10.6. The number of benzene rings is 1. The van der Waals surface area contributed by atoms with Crippen molar-refractivity contribution >= 4 is 5.91 Å². The molecule has 0 bridgehead atoms. The van der Waals surface area contributed by atoms with Gasteiger partial charge in [0.25, 0.3) is 0 Å². The van der Waals surface area contributed by atoms with E-state index in [1.165, 1.54) is 0 Å². The maximum atomic E-state index is 10.6. The van der Waals surface area contributed by atoms with Crippen molar-refractivity contribution in [3.63, 3.8) is 0 Å². The van der Waals surface area contributed by atoms with E-state index in [1.807, 2.05) is 30.3 Å². The van der Waals surface area contributed by atoms with Crippen LogP contribution in [0.5, 0.6) is 0 Å². The molecule has 1 rings (SSSR count). The van der Waals surface area contributed by atoms with Crippen molar-refractivity contribution in [2.45, 2.75) is 25.5 Å². The average Bonchev–Trinajstić information content (AvgIpc) is 2.29. The Kier molecular flexibility index (Phi) is 5.53. The Morgan fingerprint density at radius 1 is 1.31 bits per heavy atom. The summed E-state index contributed by atoms with van der Waals surface area (Å²) in [5, 5.41) is 0. The zero-order valence-corrected chi connectivity index (χ0v) is 9.26. The number of hydrogen-bond donors (Lipinski definition) is 2. The first kappa shape index (κ1) is 12.7. The first-order chi connectivity index (χ1) is 7.70. The van der Waals surface area contributed by atoms with E-state index in [0.717, 1.165) is 12.0 Å². The smallest absolute Gasteiger partial charge is 0.234 e. The van der Waals surface area contributed by atoms with Gasteiger partial charge in [-0.1, -0.05) is 30.3 Å². The summed E-state index contributed by atoms with van der Waals surface area (Å²) in [5.74, 6) is -0.456. The predicted molar refractivity (Wildman–Crippen MR) is 62.5 cm³/mol. The second kappa shape index (κ2) is 6.98. The maximum absolute atomic E-state index is 10.6. The number of hydrogen-bond acceptors (Lipinski definition) is 3. The average molecular weight is 222 g/mol. The van der Waals surface area contributed by atoms with Gasteiger partial charge in [0, 0.05) is 6.61 Å². The van der Waals surface area contributed by atoms with E-state index < -0.39 is 11.9 Å². The molecule has 1 atom stereocenters.